The molecule has 20 heavy (non-hydrogen) atoms. The van der Waals surface area contributed by atoms with Crippen LogP contribution in [0.4, 0.5) is 0 Å². The minimum absolute atomic E-state index is 0.000319. The average molecular weight is 294 g/mol. The van der Waals surface area contributed by atoms with Crippen molar-refractivity contribution in [2.75, 3.05) is 6.26 Å². The fourth-order valence-electron chi connectivity index (χ4n) is 2.06. The lowest BCUT2D eigenvalue weighted by atomic mass is 9.96. The quantitative estimate of drug-likeness (QED) is 0.876. The predicted octanol–water partition coefficient (Wildman–Crippen LogP) is 1.13. The van der Waals surface area contributed by atoms with Gasteiger partial charge in [-0.1, -0.05) is 31.2 Å². The second kappa shape index (κ2) is 5.76. The molecule has 0 bridgehead atoms. The summed E-state index contributed by atoms with van der Waals surface area (Å²) in [5.74, 6) is 0.218. The molecule has 108 valence electrons. The summed E-state index contributed by atoms with van der Waals surface area (Å²) in [4.78, 5) is 11.5. The number of amides is 1. The van der Waals surface area contributed by atoms with Crippen LogP contribution < -0.4 is 10.9 Å². The van der Waals surface area contributed by atoms with Crippen molar-refractivity contribution in [2.24, 2.45) is 5.92 Å². The Kier molecular flexibility index (Phi) is 4.25. The maximum absolute atomic E-state index is 11.4. The van der Waals surface area contributed by atoms with Gasteiger partial charge in [0.25, 0.3) is 0 Å². The Labute approximate surface area is 119 Å². The number of rotatable bonds is 3. The lowest BCUT2D eigenvalue weighted by molar-refractivity contribution is -0.125. The average Bonchev–Trinajstić information content (AvgIpc) is 2.37. The molecule has 1 saturated heterocycles. The molecule has 0 radical (unpaired) electrons. The zero-order chi connectivity index (χ0) is 14.8. The first-order chi connectivity index (χ1) is 9.36. The number of carbonyl (C=O) groups is 1. The van der Waals surface area contributed by atoms with Crippen molar-refractivity contribution in [3.8, 4) is 0 Å². The zero-order valence-electron chi connectivity index (χ0n) is 11.5. The molecule has 1 aromatic rings. The minimum Gasteiger partial charge on any atom is -0.291 e. The molecular formula is C14H18N2O3S. The summed E-state index contributed by atoms with van der Waals surface area (Å²) in [5.41, 5.74) is 6.47. The SMILES string of the molecule is CC1CC(=O)NNC1/C=C/c1ccc(S(C)(=O)=O)cc1. The van der Waals surface area contributed by atoms with Crippen LogP contribution in [-0.4, -0.2) is 26.6 Å². The van der Waals surface area contributed by atoms with Gasteiger partial charge in [0.15, 0.2) is 9.84 Å². The Balaban J connectivity index is 2.06. The van der Waals surface area contributed by atoms with Crippen LogP contribution in [0.2, 0.25) is 0 Å². The number of hydrogen-bond acceptors (Lipinski definition) is 4. The molecule has 6 heteroatoms. The molecule has 1 aliphatic rings. The molecule has 2 atom stereocenters. The first-order valence-corrected chi connectivity index (χ1v) is 8.28. The minimum atomic E-state index is -3.15. The lowest BCUT2D eigenvalue weighted by Crippen LogP contribution is -2.52. The fourth-order valence-corrected chi connectivity index (χ4v) is 2.69. The molecule has 2 unspecified atom stereocenters. The fraction of sp³-hybridized carbons (Fsp3) is 0.357. The van der Waals surface area contributed by atoms with E-state index in [0.717, 1.165) is 5.56 Å². The van der Waals surface area contributed by atoms with Crippen molar-refractivity contribution in [1.82, 2.24) is 10.9 Å². The van der Waals surface area contributed by atoms with E-state index in [1.54, 1.807) is 24.3 Å². The van der Waals surface area contributed by atoms with Crippen LogP contribution in [0, 0.1) is 5.92 Å². The highest BCUT2D eigenvalue weighted by Gasteiger charge is 2.22. The van der Waals surface area contributed by atoms with Gasteiger partial charge in [0.2, 0.25) is 5.91 Å². The number of sulfone groups is 1. The monoisotopic (exact) mass is 294 g/mol. The third-order valence-electron chi connectivity index (χ3n) is 3.30. The van der Waals surface area contributed by atoms with Crippen molar-refractivity contribution >= 4 is 21.8 Å². The second-order valence-electron chi connectivity index (χ2n) is 5.10. The van der Waals surface area contributed by atoms with Crippen molar-refractivity contribution in [1.29, 1.82) is 0 Å². The second-order valence-corrected chi connectivity index (χ2v) is 7.12. The van der Waals surface area contributed by atoms with Gasteiger partial charge in [0.05, 0.1) is 4.90 Å². The van der Waals surface area contributed by atoms with Gasteiger partial charge in [-0.3, -0.25) is 10.2 Å². The lowest BCUT2D eigenvalue weighted by Gasteiger charge is -2.27. The van der Waals surface area contributed by atoms with Crippen LogP contribution in [0.3, 0.4) is 0 Å². The van der Waals surface area contributed by atoms with E-state index in [1.807, 2.05) is 19.1 Å². The van der Waals surface area contributed by atoms with E-state index in [2.05, 4.69) is 10.9 Å². The van der Waals surface area contributed by atoms with Crippen LogP contribution in [0.1, 0.15) is 18.9 Å². The van der Waals surface area contributed by atoms with E-state index >= 15 is 0 Å². The highest BCUT2D eigenvalue weighted by Crippen LogP contribution is 2.15. The number of carbonyl (C=O) groups excluding carboxylic acids is 1. The summed E-state index contributed by atoms with van der Waals surface area (Å²) in [7, 11) is -3.15. The molecule has 1 heterocycles. The van der Waals surface area contributed by atoms with Crippen LogP contribution in [0.25, 0.3) is 6.08 Å². The summed E-state index contributed by atoms with van der Waals surface area (Å²) in [6.45, 7) is 2.01. The van der Waals surface area contributed by atoms with E-state index in [9.17, 15) is 13.2 Å². The number of nitrogens with one attached hydrogen (secondary N) is 2. The summed E-state index contributed by atoms with van der Waals surface area (Å²) in [5, 5.41) is 0. The molecule has 1 amide bonds. The zero-order valence-corrected chi connectivity index (χ0v) is 12.3. The Hall–Kier alpha value is -1.66. The summed E-state index contributed by atoms with van der Waals surface area (Å²) < 4.78 is 22.7. The molecule has 5 nitrogen and oxygen atoms in total. The number of hydrogen-bond donors (Lipinski definition) is 2. The molecule has 0 spiro atoms. The molecule has 1 aromatic carbocycles. The van der Waals surface area contributed by atoms with Crippen molar-refractivity contribution in [3.63, 3.8) is 0 Å². The first-order valence-electron chi connectivity index (χ1n) is 6.39. The maximum Gasteiger partial charge on any atom is 0.234 e. The van der Waals surface area contributed by atoms with Crippen LogP contribution in [0.5, 0.6) is 0 Å². The summed E-state index contributed by atoms with van der Waals surface area (Å²) >= 11 is 0. The predicted molar refractivity (Wildman–Crippen MR) is 77.4 cm³/mol. The van der Waals surface area contributed by atoms with Gasteiger partial charge in [0, 0.05) is 18.7 Å². The topological polar surface area (TPSA) is 75.3 Å². The van der Waals surface area contributed by atoms with Gasteiger partial charge in [0.1, 0.15) is 0 Å². The van der Waals surface area contributed by atoms with Crippen molar-refractivity contribution < 1.29 is 13.2 Å². The van der Waals surface area contributed by atoms with Gasteiger partial charge >= 0.3 is 0 Å². The van der Waals surface area contributed by atoms with Gasteiger partial charge in [-0.25, -0.2) is 13.8 Å². The highest BCUT2D eigenvalue weighted by atomic mass is 32.2. The molecule has 0 saturated carbocycles. The Bertz CT molecular complexity index is 620. The van der Waals surface area contributed by atoms with Crippen molar-refractivity contribution in [3.05, 3.63) is 35.9 Å². The normalized spacial score (nSPS) is 23.8. The van der Waals surface area contributed by atoms with Crippen LogP contribution >= 0.6 is 0 Å². The Morgan fingerprint density at radius 2 is 1.90 bits per heavy atom. The largest absolute Gasteiger partial charge is 0.291 e. The highest BCUT2D eigenvalue weighted by molar-refractivity contribution is 7.90. The van der Waals surface area contributed by atoms with E-state index < -0.39 is 9.84 Å². The smallest absolute Gasteiger partial charge is 0.234 e. The first kappa shape index (κ1) is 14.7. The van der Waals surface area contributed by atoms with E-state index in [0.29, 0.717) is 11.3 Å². The van der Waals surface area contributed by atoms with Crippen LogP contribution in [-0.2, 0) is 14.6 Å². The van der Waals surface area contributed by atoms with Gasteiger partial charge in [-0.15, -0.1) is 0 Å². The summed E-state index contributed by atoms with van der Waals surface area (Å²) in [6, 6.07) is 6.78. The van der Waals surface area contributed by atoms with Gasteiger partial charge < -0.3 is 0 Å². The number of hydrazine groups is 1. The van der Waals surface area contributed by atoms with E-state index in [4.69, 9.17) is 0 Å². The van der Waals surface area contributed by atoms with Gasteiger partial charge in [-0.2, -0.15) is 0 Å². The molecule has 0 aliphatic carbocycles. The molecule has 1 fully saturated rings. The Morgan fingerprint density at radius 1 is 1.25 bits per heavy atom. The molecule has 1 aliphatic heterocycles. The molecule has 2 rings (SSSR count). The third-order valence-corrected chi connectivity index (χ3v) is 4.43. The molecule has 0 aromatic heterocycles. The standard InChI is InChI=1S/C14H18N2O3S/c1-10-9-14(17)16-15-13(10)8-5-11-3-6-12(7-4-11)20(2,18)19/h3-8,10,13,15H,9H2,1-2H3,(H,16,17)/b8-5+. The van der Waals surface area contributed by atoms with Crippen molar-refractivity contribution in [2.45, 2.75) is 24.3 Å². The molecule has 2 N–H and O–H groups in total. The number of benzene rings is 1. The van der Waals surface area contributed by atoms with E-state index in [1.165, 1.54) is 6.26 Å². The van der Waals surface area contributed by atoms with E-state index in [-0.39, 0.29) is 17.9 Å². The third kappa shape index (κ3) is 3.68. The van der Waals surface area contributed by atoms with Crippen LogP contribution in [0.15, 0.2) is 35.2 Å². The Morgan fingerprint density at radius 3 is 2.45 bits per heavy atom. The van der Waals surface area contributed by atoms with Gasteiger partial charge in [-0.05, 0) is 23.6 Å². The maximum atomic E-state index is 11.4. The summed E-state index contributed by atoms with van der Waals surface area (Å²) in [6.07, 6.45) is 5.57. The molecular weight excluding hydrogens is 276 g/mol.